The minimum Gasteiger partial charge on any atom is -0.481 e. The van der Waals surface area contributed by atoms with Crippen molar-refractivity contribution in [3.63, 3.8) is 0 Å². The molecule has 5 atom stereocenters. The molecule has 8 N–H and O–H groups in total. The number of nitrogens with zero attached hydrogens (tertiary/aromatic N) is 1. The van der Waals surface area contributed by atoms with Crippen molar-refractivity contribution in [2.75, 3.05) is 0 Å². The zero-order valence-electron chi connectivity index (χ0n) is 20.4. The summed E-state index contributed by atoms with van der Waals surface area (Å²) in [7, 11) is 0. The van der Waals surface area contributed by atoms with Gasteiger partial charge in [0.15, 0.2) is 0 Å². The van der Waals surface area contributed by atoms with E-state index in [0.29, 0.717) is 12.1 Å². The summed E-state index contributed by atoms with van der Waals surface area (Å²) in [6, 6.07) is -4.47. The van der Waals surface area contributed by atoms with Crippen LogP contribution >= 0.6 is 0 Å². The van der Waals surface area contributed by atoms with Crippen LogP contribution in [0, 0.1) is 11.8 Å². The van der Waals surface area contributed by atoms with Gasteiger partial charge in [0.25, 0.3) is 0 Å². The zero-order chi connectivity index (χ0) is 26.7. The van der Waals surface area contributed by atoms with E-state index in [2.05, 4.69) is 25.9 Å². The highest BCUT2D eigenvalue weighted by atomic mass is 16.4. The van der Waals surface area contributed by atoms with Gasteiger partial charge in [-0.15, -0.1) is 0 Å². The van der Waals surface area contributed by atoms with Crippen LogP contribution in [0.25, 0.3) is 0 Å². The second kappa shape index (κ2) is 14.0. The summed E-state index contributed by atoms with van der Waals surface area (Å²) >= 11 is 0. The van der Waals surface area contributed by atoms with E-state index in [9.17, 15) is 29.1 Å². The molecule has 5 unspecified atom stereocenters. The molecular formula is C22H36N6O7. The van der Waals surface area contributed by atoms with Gasteiger partial charge in [0.1, 0.15) is 18.1 Å². The van der Waals surface area contributed by atoms with E-state index in [1.54, 1.807) is 27.0 Å². The molecule has 1 aromatic rings. The number of carbonyl (C=O) groups is 5. The number of amides is 3. The lowest BCUT2D eigenvalue weighted by Crippen LogP contribution is -2.60. The molecule has 0 saturated heterocycles. The number of H-pyrrole nitrogens is 1. The first-order chi connectivity index (χ1) is 16.4. The highest BCUT2D eigenvalue weighted by Crippen LogP contribution is 2.11. The number of nitrogens with one attached hydrogen (secondary N) is 4. The fraction of sp³-hybridized carbons (Fsp3) is 0.636. The molecule has 13 nitrogen and oxygen atoms in total. The van der Waals surface area contributed by atoms with E-state index in [4.69, 9.17) is 10.8 Å². The van der Waals surface area contributed by atoms with Gasteiger partial charge in [-0.25, -0.2) is 9.78 Å². The van der Waals surface area contributed by atoms with Gasteiger partial charge in [0, 0.05) is 24.7 Å². The molecule has 0 aliphatic carbocycles. The lowest BCUT2D eigenvalue weighted by atomic mass is 9.96. The first-order valence-electron chi connectivity index (χ1n) is 11.5. The Balaban J connectivity index is 2.92. The van der Waals surface area contributed by atoms with Crippen molar-refractivity contribution in [3.05, 3.63) is 18.2 Å². The third kappa shape index (κ3) is 9.73. The Morgan fingerprint density at radius 1 is 1.00 bits per heavy atom. The standard InChI is InChI=1S/C22H36N6O7/c1-5-12(4)18(28-19(31)14(23)8-13-9-24-10-25-13)21(33)27-17(11(2)3)20(32)26-15(22(34)35)6-7-16(29)30/h9-12,14-15,17-18H,5-8,23H2,1-4H3,(H,24,25)(H,26,32)(H,27,33)(H,28,31)(H,29,30)(H,34,35). The van der Waals surface area contributed by atoms with E-state index in [-0.39, 0.29) is 18.8 Å². The lowest BCUT2D eigenvalue weighted by molar-refractivity contribution is -0.143. The van der Waals surface area contributed by atoms with Gasteiger partial charge >= 0.3 is 11.9 Å². The van der Waals surface area contributed by atoms with E-state index in [1.165, 1.54) is 6.33 Å². The molecule has 0 fully saturated rings. The van der Waals surface area contributed by atoms with Gasteiger partial charge in [-0.2, -0.15) is 0 Å². The number of hydrogen-bond acceptors (Lipinski definition) is 7. The topological polar surface area (TPSA) is 217 Å². The number of hydrogen-bond donors (Lipinski definition) is 7. The van der Waals surface area contributed by atoms with Crippen LogP contribution in [-0.4, -0.2) is 74.0 Å². The van der Waals surface area contributed by atoms with E-state index >= 15 is 0 Å². The summed E-state index contributed by atoms with van der Waals surface area (Å²) < 4.78 is 0. The molecular weight excluding hydrogens is 460 g/mol. The third-order valence-electron chi connectivity index (χ3n) is 5.63. The van der Waals surface area contributed by atoms with Crippen LogP contribution in [0.15, 0.2) is 12.5 Å². The monoisotopic (exact) mass is 496 g/mol. The number of aromatic amines is 1. The molecule has 0 spiro atoms. The van der Waals surface area contributed by atoms with Gasteiger partial charge < -0.3 is 36.9 Å². The largest absolute Gasteiger partial charge is 0.481 e. The Kier molecular flexibility index (Phi) is 11.9. The van der Waals surface area contributed by atoms with Crippen molar-refractivity contribution < 1.29 is 34.2 Å². The molecule has 13 heteroatoms. The van der Waals surface area contributed by atoms with Gasteiger partial charge in [0.2, 0.25) is 17.7 Å². The smallest absolute Gasteiger partial charge is 0.326 e. The molecule has 0 radical (unpaired) electrons. The molecule has 35 heavy (non-hydrogen) atoms. The van der Waals surface area contributed by atoms with Gasteiger partial charge in [-0.3, -0.25) is 19.2 Å². The van der Waals surface area contributed by atoms with Crippen LogP contribution in [0.1, 0.15) is 52.7 Å². The van der Waals surface area contributed by atoms with Crippen LogP contribution in [0.5, 0.6) is 0 Å². The predicted molar refractivity (Wildman–Crippen MR) is 125 cm³/mol. The summed E-state index contributed by atoms with van der Waals surface area (Å²) in [5.41, 5.74) is 6.63. The Morgan fingerprint density at radius 2 is 1.60 bits per heavy atom. The first-order valence-corrected chi connectivity index (χ1v) is 11.5. The second-order valence-corrected chi connectivity index (χ2v) is 8.82. The van der Waals surface area contributed by atoms with Crippen molar-refractivity contribution in [1.29, 1.82) is 0 Å². The quantitative estimate of drug-likeness (QED) is 0.164. The minimum absolute atomic E-state index is 0.185. The summed E-state index contributed by atoms with van der Waals surface area (Å²) in [4.78, 5) is 67.5. The summed E-state index contributed by atoms with van der Waals surface area (Å²) in [6.07, 6.45) is 2.97. The SMILES string of the molecule is CCC(C)C(NC(=O)C(N)Cc1cnc[nH]1)C(=O)NC(C(=O)NC(CCC(=O)O)C(=O)O)C(C)C. The minimum atomic E-state index is -1.43. The van der Waals surface area contributed by atoms with E-state index in [0.717, 1.165) is 0 Å². The molecule has 0 saturated carbocycles. The number of carboxylic acids is 2. The van der Waals surface area contributed by atoms with Crippen molar-refractivity contribution in [2.45, 2.75) is 77.5 Å². The van der Waals surface area contributed by atoms with Crippen LogP contribution in [0.3, 0.4) is 0 Å². The molecule has 0 aliphatic heterocycles. The number of aromatic nitrogens is 2. The zero-order valence-corrected chi connectivity index (χ0v) is 20.4. The van der Waals surface area contributed by atoms with Crippen molar-refractivity contribution in [1.82, 2.24) is 25.9 Å². The lowest BCUT2D eigenvalue weighted by Gasteiger charge is -2.29. The molecule has 0 aliphatic rings. The highest BCUT2D eigenvalue weighted by molar-refractivity contribution is 5.94. The van der Waals surface area contributed by atoms with Gasteiger partial charge in [0.05, 0.1) is 12.4 Å². The summed E-state index contributed by atoms with van der Waals surface area (Å²) in [5, 5.41) is 25.7. The Hall–Kier alpha value is -3.48. The first kappa shape index (κ1) is 29.6. The number of rotatable bonds is 15. The predicted octanol–water partition coefficient (Wildman–Crippen LogP) is -0.615. The maximum absolute atomic E-state index is 13.1. The van der Waals surface area contributed by atoms with Crippen LogP contribution < -0.4 is 21.7 Å². The fourth-order valence-corrected chi connectivity index (χ4v) is 3.25. The molecule has 1 rings (SSSR count). The molecule has 0 bridgehead atoms. The number of aliphatic carboxylic acids is 2. The van der Waals surface area contributed by atoms with Crippen molar-refractivity contribution >= 4 is 29.7 Å². The summed E-state index contributed by atoms with van der Waals surface area (Å²) in [6.45, 7) is 6.93. The maximum atomic E-state index is 13.1. The van der Waals surface area contributed by atoms with Crippen molar-refractivity contribution in [3.8, 4) is 0 Å². The molecule has 196 valence electrons. The Morgan fingerprint density at radius 3 is 2.09 bits per heavy atom. The second-order valence-electron chi connectivity index (χ2n) is 8.82. The number of imidazole rings is 1. The number of carboxylic acid groups (broad SMARTS) is 2. The Labute approximate surface area is 203 Å². The van der Waals surface area contributed by atoms with Gasteiger partial charge in [-0.1, -0.05) is 34.1 Å². The van der Waals surface area contributed by atoms with Crippen LogP contribution in [0.4, 0.5) is 0 Å². The molecule has 1 heterocycles. The highest BCUT2D eigenvalue weighted by Gasteiger charge is 2.33. The van der Waals surface area contributed by atoms with E-state index < -0.39 is 66.2 Å². The summed E-state index contributed by atoms with van der Waals surface area (Å²) in [5.74, 6) is -5.24. The normalized spacial score (nSPS) is 15.4. The van der Waals surface area contributed by atoms with Crippen LogP contribution in [-0.2, 0) is 30.4 Å². The average molecular weight is 497 g/mol. The average Bonchev–Trinajstić information content (AvgIpc) is 3.29. The molecule has 0 aromatic carbocycles. The van der Waals surface area contributed by atoms with Gasteiger partial charge in [-0.05, 0) is 18.3 Å². The van der Waals surface area contributed by atoms with Crippen LogP contribution in [0.2, 0.25) is 0 Å². The third-order valence-corrected chi connectivity index (χ3v) is 5.63. The van der Waals surface area contributed by atoms with Crippen molar-refractivity contribution in [2.24, 2.45) is 17.6 Å². The van der Waals surface area contributed by atoms with E-state index in [1.807, 2.05) is 6.92 Å². The molecule has 1 aromatic heterocycles. The number of carbonyl (C=O) groups excluding carboxylic acids is 3. The Bertz CT molecular complexity index is 874. The number of nitrogens with two attached hydrogens (primary N) is 1. The molecule has 3 amide bonds. The fourth-order valence-electron chi connectivity index (χ4n) is 3.25. The maximum Gasteiger partial charge on any atom is 0.326 e.